The average molecular weight is 194 g/mol. The van der Waals surface area contributed by atoms with E-state index >= 15 is 0 Å². The molecular formula is C11H14O3. The van der Waals surface area contributed by atoms with Gasteiger partial charge in [-0.05, 0) is 26.0 Å². The highest BCUT2D eigenvalue weighted by molar-refractivity contribution is 5.83. The van der Waals surface area contributed by atoms with E-state index in [1.807, 2.05) is 13.8 Å². The van der Waals surface area contributed by atoms with Crippen LogP contribution in [0.3, 0.4) is 0 Å². The summed E-state index contributed by atoms with van der Waals surface area (Å²) in [5.74, 6) is -0.219. The number of aliphatic hydroxyl groups excluding tert-OH is 1. The summed E-state index contributed by atoms with van der Waals surface area (Å²) in [7, 11) is 0. The second-order valence-corrected chi connectivity index (χ2v) is 3.26. The van der Waals surface area contributed by atoms with Gasteiger partial charge in [0.1, 0.15) is 11.9 Å². The molecule has 1 atom stereocenters. The van der Waals surface area contributed by atoms with Gasteiger partial charge in [-0.3, -0.25) is 0 Å². The third-order valence-electron chi connectivity index (χ3n) is 1.85. The summed E-state index contributed by atoms with van der Waals surface area (Å²) < 4.78 is 4.99. The Hall–Kier alpha value is -1.51. The van der Waals surface area contributed by atoms with Crippen molar-refractivity contribution in [1.82, 2.24) is 0 Å². The van der Waals surface area contributed by atoms with Crippen molar-refractivity contribution in [3.05, 3.63) is 35.6 Å². The topological polar surface area (TPSA) is 46.5 Å². The zero-order valence-corrected chi connectivity index (χ0v) is 8.36. The van der Waals surface area contributed by atoms with Gasteiger partial charge in [0.15, 0.2) is 0 Å². The van der Waals surface area contributed by atoms with E-state index in [0.29, 0.717) is 6.42 Å². The largest absolute Gasteiger partial charge is 0.508 e. The minimum absolute atomic E-state index is 0.125. The number of carbonyl (C=O) groups excluding carboxylic acids is 1. The van der Waals surface area contributed by atoms with Crippen molar-refractivity contribution >= 4 is 5.97 Å². The van der Waals surface area contributed by atoms with Gasteiger partial charge in [-0.2, -0.15) is 0 Å². The Morgan fingerprint density at radius 1 is 1.71 bits per heavy atom. The number of allylic oxidation sites excluding steroid dienone is 2. The van der Waals surface area contributed by atoms with Gasteiger partial charge in [0.05, 0.1) is 0 Å². The maximum absolute atomic E-state index is 11.0. The van der Waals surface area contributed by atoms with Gasteiger partial charge in [0.2, 0.25) is 0 Å². The van der Waals surface area contributed by atoms with Crippen molar-refractivity contribution in [2.24, 2.45) is 0 Å². The minimum Gasteiger partial charge on any atom is -0.508 e. The average Bonchev–Trinajstić information content (AvgIpc) is 2.01. The van der Waals surface area contributed by atoms with Gasteiger partial charge < -0.3 is 9.84 Å². The van der Waals surface area contributed by atoms with E-state index in [9.17, 15) is 9.90 Å². The third-order valence-corrected chi connectivity index (χ3v) is 1.85. The SMILES string of the molecule is C/C=C\C(O)=C/C1CC(C)=CC(=O)O1. The smallest absolute Gasteiger partial charge is 0.331 e. The van der Waals surface area contributed by atoms with Crippen LogP contribution < -0.4 is 0 Å². The summed E-state index contributed by atoms with van der Waals surface area (Å²) >= 11 is 0. The highest BCUT2D eigenvalue weighted by atomic mass is 16.5. The van der Waals surface area contributed by atoms with Gasteiger partial charge in [0, 0.05) is 12.5 Å². The second kappa shape index (κ2) is 4.65. The third kappa shape index (κ3) is 3.09. The lowest BCUT2D eigenvalue weighted by atomic mass is 10.1. The highest BCUT2D eigenvalue weighted by Gasteiger charge is 2.17. The number of carbonyl (C=O) groups is 1. The first-order valence-corrected chi connectivity index (χ1v) is 4.53. The molecule has 1 N–H and O–H groups in total. The minimum atomic E-state index is -0.344. The molecule has 0 spiro atoms. The number of cyclic esters (lactones) is 1. The highest BCUT2D eigenvalue weighted by Crippen LogP contribution is 2.16. The molecule has 3 nitrogen and oxygen atoms in total. The summed E-state index contributed by atoms with van der Waals surface area (Å²) in [6.07, 6.45) is 6.59. The van der Waals surface area contributed by atoms with Crippen LogP contribution in [0, 0.1) is 0 Å². The molecule has 1 aliphatic heterocycles. The maximum atomic E-state index is 11.0. The molecule has 0 bridgehead atoms. The molecule has 1 heterocycles. The molecule has 0 aromatic carbocycles. The van der Waals surface area contributed by atoms with Crippen LogP contribution in [-0.2, 0) is 9.53 Å². The monoisotopic (exact) mass is 194 g/mol. The molecular weight excluding hydrogens is 180 g/mol. The van der Waals surface area contributed by atoms with Crippen LogP contribution in [0.15, 0.2) is 35.6 Å². The molecule has 1 aliphatic rings. The number of hydrogen-bond donors (Lipinski definition) is 1. The quantitative estimate of drug-likeness (QED) is 0.416. The molecule has 0 saturated heterocycles. The predicted molar refractivity (Wildman–Crippen MR) is 53.8 cm³/mol. The molecule has 1 unspecified atom stereocenters. The lowest BCUT2D eigenvalue weighted by Crippen LogP contribution is -2.20. The zero-order chi connectivity index (χ0) is 10.6. The first-order chi connectivity index (χ1) is 6.61. The number of rotatable bonds is 2. The van der Waals surface area contributed by atoms with Crippen molar-refractivity contribution in [1.29, 1.82) is 0 Å². The number of hydrogen-bond acceptors (Lipinski definition) is 3. The van der Waals surface area contributed by atoms with E-state index < -0.39 is 0 Å². The first kappa shape index (κ1) is 10.6. The molecule has 0 aromatic heterocycles. The maximum Gasteiger partial charge on any atom is 0.331 e. The molecule has 0 aromatic rings. The van der Waals surface area contributed by atoms with E-state index in [0.717, 1.165) is 5.57 Å². The van der Waals surface area contributed by atoms with Gasteiger partial charge in [-0.1, -0.05) is 11.6 Å². The van der Waals surface area contributed by atoms with Gasteiger partial charge in [0.25, 0.3) is 0 Å². The summed E-state index contributed by atoms with van der Waals surface area (Å²) in [5, 5.41) is 9.34. The molecule has 1 rings (SSSR count). The molecule has 14 heavy (non-hydrogen) atoms. The predicted octanol–water partition coefficient (Wildman–Crippen LogP) is 2.27. The van der Waals surface area contributed by atoms with Crippen molar-refractivity contribution in [2.75, 3.05) is 0 Å². The summed E-state index contributed by atoms with van der Waals surface area (Å²) in [6, 6.07) is 0. The van der Waals surface area contributed by atoms with Crippen molar-refractivity contribution in [2.45, 2.75) is 26.4 Å². The molecule has 0 fully saturated rings. The Kier molecular flexibility index (Phi) is 3.51. The fourth-order valence-corrected chi connectivity index (χ4v) is 1.31. The van der Waals surface area contributed by atoms with Gasteiger partial charge in [-0.25, -0.2) is 4.79 Å². The molecule has 3 heteroatoms. The Morgan fingerprint density at radius 3 is 3.00 bits per heavy atom. The van der Waals surface area contributed by atoms with Crippen LogP contribution in [-0.4, -0.2) is 17.2 Å². The van der Waals surface area contributed by atoms with Crippen molar-refractivity contribution in [3.63, 3.8) is 0 Å². The van der Waals surface area contributed by atoms with E-state index in [1.165, 1.54) is 12.2 Å². The van der Waals surface area contributed by atoms with E-state index in [4.69, 9.17) is 4.74 Å². The molecule has 76 valence electrons. The van der Waals surface area contributed by atoms with Crippen molar-refractivity contribution in [3.8, 4) is 0 Å². The number of aliphatic hydroxyl groups is 1. The standard InChI is InChI=1S/C11H14O3/c1-3-4-9(12)7-10-5-8(2)6-11(13)14-10/h3-4,6-7,10,12H,5H2,1-2H3/b4-3-,9-7+. The van der Waals surface area contributed by atoms with Crippen LogP contribution in [0.4, 0.5) is 0 Å². The zero-order valence-electron chi connectivity index (χ0n) is 8.36. The summed E-state index contributed by atoms with van der Waals surface area (Å²) in [6.45, 7) is 3.68. The summed E-state index contributed by atoms with van der Waals surface area (Å²) in [4.78, 5) is 11.0. The Morgan fingerprint density at radius 2 is 2.43 bits per heavy atom. The summed E-state index contributed by atoms with van der Waals surface area (Å²) in [5.41, 5.74) is 0.968. The van der Waals surface area contributed by atoms with E-state index in [2.05, 4.69) is 0 Å². The van der Waals surface area contributed by atoms with Crippen LogP contribution in [0.1, 0.15) is 20.3 Å². The number of esters is 1. The van der Waals surface area contributed by atoms with Crippen molar-refractivity contribution < 1.29 is 14.6 Å². The first-order valence-electron chi connectivity index (χ1n) is 4.53. The molecule has 0 radical (unpaired) electrons. The fraction of sp³-hybridized carbons (Fsp3) is 0.364. The Labute approximate surface area is 83.4 Å². The van der Waals surface area contributed by atoms with Crippen LogP contribution >= 0.6 is 0 Å². The van der Waals surface area contributed by atoms with E-state index in [-0.39, 0.29) is 17.8 Å². The van der Waals surface area contributed by atoms with E-state index in [1.54, 1.807) is 12.2 Å². The number of ether oxygens (including phenoxy) is 1. The second-order valence-electron chi connectivity index (χ2n) is 3.26. The molecule has 0 amide bonds. The lowest BCUT2D eigenvalue weighted by molar-refractivity contribution is -0.142. The molecule has 0 aliphatic carbocycles. The fourth-order valence-electron chi connectivity index (χ4n) is 1.31. The van der Waals surface area contributed by atoms with Gasteiger partial charge in [-0.15, -0.1) is 0 Å². The van der Waals surface area contributed by atoms with Crippen LogP contribution in [0.5, 0.6) is 0 Å². The van der Waals surface area contributed by atoms with Crippen LogP contribution in [0.25, 0.3) is 0 Å². The Bertz CT molecular complexity index is 310. The normalized spacial score (nSPS) is 23.6. The van der Waals surface area contributed by atoms with Gasteiger partial charge >= 0.3 is 5.97 Å². The van der Waals surface area contributed by atoms with Crippen LogP contribution in [0.2, 0.25) is 0 Å². The Balaban J connectivity index is 2.68. The lowest BCUT2D eigenvalue weighted by Gasteiger charge is -2.18. The molecule has 0 saturated carbocycles.